The summed E-state index contributed by atoms with van der Waals surface area (Å²) in [5, 5.41) is 23.7. The van der Waals surface area contributed by atoms with Crippen molar-refractivity contribution in [2.45, 2.75) is 74.8 Å². The van der Waals surface area contributed by atoms with Crippen molar-refractivity contribution in [3.05, 3.63) is 53.2 Å². The third-order valence-electron chi connectivity index (χ3n) is 7.02. The molecule has 2 aliphatic carbocycles. The zero-order chi connectivity index (χ0) is 26.5. The molecule has 202 valence electrons. The highest BCUT2D eigenvalue weighted by atomic mass is 32.2. The zero-order valence-electron chi connectivity index (χ0n) is 21.1. The molecule has 5 atom stereocenters. The topological polar surface area (TPSA) is 114 Å². The third kappa shape index (κ3) is 6.79. The minimum Gasteiger partial charge on any atom is -0.394 e. The van der Waals surface area contributed by atoms with E-state index in [1.807, 2.05) is 0 Å². The molecule has 0 amide bonds. The Morgan fingerprint density at radius 1 is 1.27 bits per heavy atom. The number of rotatable bonds is 13. The smallest absolute Gasteiger partial charge is 0.189 e. The van der Waals surface area contributed by atoms with Crippen LogP contribution in [0.2, 0.25) is 0 Å². The molecule has 0 bridgehead atoms. The summed E-state index contributed by atoms with van der Waals surface area (Å²) in [6, 6.07) is 4.07. The number of nitrogens with zero attached hydrogens (tertiary/aromatic N) is 2. The maximum Gasteiger partial charge on any atom is 0.189 e. The third-order valence-corrected chi connectivity index (χ3v) is 8.07. The monoisotopic (exact) mass is 534 g/mol. The molecule has 2 saturated carbocycles. The van der Waals surface area contributed by atoms with Crippen molar-refractivity contribution in [3.8, 4) is 0 Å². The lowest BCUT2D eigenvalue weighted by Crippen LogP contribution is -2.29. The second-order valence-corrected chi connectivity index (χ2v) is 10.9. The van der Waals surface area contributed by atoms with Crippen LogP contribution in [0.15, 0.2) is 35.5 Å². The number of benzene rings is 1. The van der Waals surface area contributed by atoms with Crippen LogP contribution < -0.4 is 11.1 Å². The van der Waals surface area contributed by atoms with Crippen LogP contribution in [0.3, 0.4) is 0 Å². The molecule has 0 spiro atoms. The van der Waals surface area contributed by atoms with Gasteiger partial charge < -0.3 is 26.0 Å². The number of aliphatic hydroxyl groups is 2. The highest BCUT2D eigenvalue weighted by Gasteiger charge is 2.40. The fourth-order valence-corrected chi connectivity index (χ4v) is 5.67. The standard InChI is InChI=1S/C27H36F2N4O3S/c1-3-11-37-27-32-21(6-4-5-17-12-15(2)25(24(17)35)36-10-9-34)23(30)26(33-27)31-22-14-18(22)16-7-8-19(28)20(29)13-16/h7-8,13,17-18,22,24-25,34-35H,2-6,9-12,14,30H2,1H3,(H,31,32,33). The Balaban J connectivity index is 1.40. The molecule has 1 aromatic carbocycles. The number of hydrogen-bond acceptors (Lipinski definition) is 8. The number of thioether (sulfide) groups is 1. The lowest BCUT2D eigenvalue weighted by atomic mass is 9.97. The van der Waals surface area contributed by atoms with E-state index in [1.54, 1.807) is 17.8 Å². The van der Waals surface area contributed by atoms with Crippen molar-refractivity contribution in [2.75, 3.05) is 30.0 Å². The van der Waals surface area contributed by atoms with Gasteiger partial charge in [0.05, 0.1) is 30.7 Å². The minimum atomic E-state index is -0.848. The number of aliphatic hydroxyl groups excluding tert-OH is 2. The summed E-state index contributed by atoms with van der Waals surface area (Å²) >= 11 is 1.58. The van der Waals surface area contributed by atoms with Crippen LogP contribution in [0.25, 0.3) is 0 Å². The number of nitrogens with two attached hydrogens (primary N) is 1. The van der Waals surface area contributed by atoms with Crippen LogP contribution in [0.4, 0.5) is 20.3 Å². The van der Waals surface area contributed by atoms with E-state index in [-0.39, 0.29) is 31.1 Å². The molecule has 5 N–H and O–H groups in total. The molecular weight excluding hydrogens is 498 g/mol. The number of nitrogen functional groups attached to an aromatic ring is 1. The van der Waals surface area contributed by atoms with Gasteiger partial charge in [-0.3, -0.25) is 0 Å². The first-order chi connectivity index (χ1) is 17.8. The predicted octanol–water partition coefficient (Wildman–Crippen LogP) is 4.44. The summed E-state index contributed by atoms with van der Waals surface area (Å²) in [4.78, 5) is 9.36. The highest BCUT2D eigenvalue weighted by Crippen LogP contribution is 2.44. The summed E-state index contributed by atoms with van der Waals surface area (Å²) in [6.45, 7) is 6.22. The first-order valence-corrected chi connectivity index (χ1v) is 13.9. The van der Waals surface area contributed by atoms with Crippen molar-refractivity contribution in [2.24, 2.45) is 5.92 Å². The summed E-state index contributed by atoms with van der Waals surface area (Å²) in [7, 11) is 0. The van der Waals surface area contributed by atoms with Gasteiger partial charge in [-0.25, -0.2) is 18.7 Å². The van der Waals surface area contributed by atoms with Crippen LogP contribution in [-0.2, 0) is 11.2 Å². The van der Waals surface area contributed by atoms with E-state index < -0.39 is 23.8 Å². The van der Waals surface area contributed by atoms with Crippen LogP contribution in [0.1, 0.15) is 56.2 Å². The van der Waals surface area contributed by atoms with Gasteiger partial charge in [0.1, 0.15) is 6.10 Å². The van der Waals surface area contributed by atoms with Crippen LogP contribution in [0, 0.1) is 17.6 Å². The van der Waals surface area contributed by atoms with E-state index in [9.17, 15) is 13.9 Å². The Kier molecular flexibility index (Phi) is 9.39. The molecule has 1 aromatic heterocycles. The summed E-state index contributed by atoms with van der Waals surface area (Å²) in [6.07, 6.45) is 3.56. The maximum absolute atomic E-state index is 13.7. The van der Waals surface area contributed by atoms with Crippen molar-refractivity contribution in [1.29, 1.82) is 0 Å². The van der Waals surface area contributed by atoms with Crippen molar-refractivity contribution < 1.29 is 23.7 Å². The normalized spacial score (nSPS) is 25.0. The van der Waals surface area contributed by atoms with Crippen LogP contribution in [-0.4, -0.2) is 57.4 Å². The zero-order valence-corrected chi connectivity index (χ0v) is 21.9. The van der Waals surface area contributed by atoms with Crippen LogP contribution in [0.5, 0.6) is 0 Å². The molecule has 10 heteroatoms. The number of halogens is 2. The number of aromatic nitrogens is 2. The minimum absolute atomic E-state index is 0.0362. The summed E-state index contributed by atoms with van der Waals surface area (Å²) < 4.78 is 32.6. The second kappa shape index (κ2) is 12.5. The number of nitrogens with one attached hydrogen (secondary N) is 1. The molecule has 4 rings (SSSR count). The fraction of sp³-hybridized carbons (Fsp3) is 0.556. The predicted molar refractivity (Wildman–Crippen MR) is 142 cm³/mol. The summed E-state index contributed by atoms with van der Waals surface area (Å²) in [5.74, 6) is -0.126. The number of ether oxygens (including phenoxy) is 1. The van der Waals surface area contributed by atoms with Gasteiger partial charge >= 0.3 is 0 Å². The SMILES string of the molecule is C=C1CC(CCCc2nc(SCCC)nc(NC3CC3c3ccc(F)c(F)c3)c2N)C(O)C1OCCO. The highest BCUT2D eigenvalue weighted by molar-refractivity contribution is 7.99. The molecule has 0 saturated heterocycles. The van der Waals surface area contributed by atoms with Crippen LogP contribution >= 0.6 is 11.8 Å². The van der Waals surface area contributed by atoms with E-state index in [0.717, 1.165) is 54.3 Å². The maximum atomic E-state index is 13.7. The van der Waals surface area contributed by atoms with E-state index in [2.05, 4.69) is 23.8 Å². The number of aryl methyl sites for hydroxylation is 1. The van der Waals surface area contributed by atoms with Gasteiger partial charge in [-0.15, -0.1) is 0 Å². The first-order valence-electron chi connectivity index (χ1n) is 12.9. The van der Waals surface area contributed by atoms with E-state index >= 15 is 0 Å². The first kappa shape index (κ1) is 27.8. The second-order valence-electron chi connectivity index (χ2n) is 9.85. The Morgan fingerprint density at radius 2 is 2.08 bits per heavy atom. The lowest BCUT2D eigenvalue weighted by Gasteiger charge is -2.20. The molecule has 0 radical (unpaired) electrons. The number of hydrogen-bond donors (Lipinski definition) is 4. The van der Waals surface area contributed by atoms with Gasteiger partial charge in [-0.2, -0.15) is 0 Å². The van der Waals surface area contributed by atoms with Gasteiger partial charge in [0.25, 0.3) is 0 Å². The molecule has 1 heterocycles. The Hall–Kier alpha value is -2.27. The van der Waals surface area contributed by atoms with Crippen molar-refractivity contribution >= 4 is 23.3 Å². The quantitative estimate of drug-likeness (QED) is 0.169. The Bertz CT molecular complexity index is 1110. The van der Waals surface area contributed by atoms with E-state index in [0.29, 0.717) is 29.5 Å². The molecular formula is C27H36F2N4O3S. The molecule has 7 nitrogen and oxygen atoms in total. The average molecular weight is 535 g/mol. The molecule has 37 heavy (non-hydrogen) atoms. The Morgan fingerprint density at radius 3 is 2.81 bits per heavy atom. The number of anilines is 2. The average Bonchev–Trinajstić information content (AvgIpc) is 3.59. The molecule has 2 aromatic rings. The molecule has 0 aliphatic heterocycles. The molecule has 2 aliphatic rings. The van der Waals surface area contributed by atoms with E-state index in [4.69, 9.17) is 20.6 Å². The molecule has 5 unspecified atom stereocenters. The van der Waals surface area contributed by atoms with Crippen molar-refractivity contribution in [3.63, 3.8) is 0 Å². The van der Waals surface area contributed by atoms with Crippen molar-refractivity contribution in [1.82, 2.24) is 9.97 Å². The lowest BCUT2D eigenvalue weighted by molar-refractivity contribution is -0.0304. The molecule has 2 fully saturated rings. The summed E-state index contributed by atoms with van der Waals surface area (Å²) in [5.41, 5.74) is 9.37. The van der Waals surface area contributed by atoms with Gasteiger partial charge in [0, 0.05) is 17.7 Å². The van der Waals surface area contributed by atoms with E-state index in [1.165, 1.54) is 6.07 Å². The van der Waals surface area contributed by atoms with Gasteiger partial charge in [-0.1, -0.05) is 31.3 Å². The van der Waals surface area contributed by atoms with Gasteiger partial charge in [0.2, 0.25) is 0 Å². The fourth-order valence-electron chi connectivity index (χ4n) is 4.96. The van der Waals surface area contributed by atoms with Gasteiger partial charge in [-0.05, 0) is 67.7 Å². The van der Waals surface area contributed by atoms with Gasteiger partial charge in [0.15, 0.2) is 22.6 Å². The Labute approximate surface area is 220 Å². The largest absolute Gasteiger partial charge is 0.394 e.